The molecule has 3 aliphatic rings. The Labute approximate surface area is 217 Å². The zero-order valence-electron chi connectivity index (χ0n) is 20.3. The zero-order valence-corrected chi connectivity index (χ0v) is 21.1. The van der Waals surface area contributed by atoms with Crippen LogP contribution in [0.1, 0.15) is 51.1 Å². The van der Waals surface area contributed by atoms with Crippen LogP contribution in [0.5, 0.6) is 0 Å². The number of anilines is 1. The number of piperidine rings is 1. The van der Waals surface area contributed by atoms with E-state index in [1.807, 2.05) is 4.90 Å². The number of amides is 3. The maximum absolute atomic E-state index is 13.3. The van der Waals surface area contributed by atoms with Crippen molar-refractivity contribution in [2.75, 3.05) is 29.5 Å². The highest BCUT2D eigenvalue weighted by Gasteiger charge is 2.40. The predicted octanol–water partition coefficient (Wildman–Crippen LogP) is 3.02. The van der Waals surface area contributed by atoms with Gasteiger partial charge in [0.05, 0.1) is 40.4 Å². The van der Waals surface area contributed by atoms with Crippen LogP contribution in [-0.4, -0.2) is 61.7 Å². The second-order valence-corrected chi connectivity index (χ2v) is 12.2. The van der Waals surface area contributed by atoms with Crippen LogP contribution in [0.2, 0.25) is 0 Å². The van der Waals surface area contributed by atoms with E-state index >= 15 is 0 Å². The quantitative estimate of drug-likeness (QED) is 0.576. The zero-order chi connectivity index (χ0) is 27.2. The largest absolute Gasteiger partial charge is 0.416 e. The summed E-state index contributed by atoms with van der Waals surface area (Å²) < 4.78 is 62.7. The van der Waals surface area contributed by atoms with Crippen molar-refractivity contribution in [2.45, 2.75) is 38.0 Å². The van der Waals surface area contributed by atoms with Gasteiger partial charge >= 0.3 is 6.18 Å². The molecule has 38 heavy (non-hydrogen) atoms. The standard InChI is InChI=1S/C26H26F3N3O5S/c27-26(28,29)18-4-1-3-16(13-18)14-32-24(34)20-5-2-6-21(22(20)25(32)35)31-10-7-17(8-11-31)23(33)30-19-9-12-38(36,37)15-19/h1-6,13,17,19H,7-12,14-15H2,(H,30,33)/t19-/m0/s1. The van der Waals surface area contributed by atoms with Crippen LogP contribution in [0.15, 0.2) is 42.5 Å². The highest BCUT2D eigenvalue weighted by Crippen LogP contribution is 2.35. The molecule has 3 amide bonds. The summed E-state index contributed by atoms with van der Waals surface area (Å²) in [7, 11) is -3.10. The van der Waals surface area contributed by atoms with Gasteiger partial charge in [0.2, 0.25) is 5.91 Å². The van der Waals surface area contributed by atoms with Crippen molar-refractivity contribution in [3.05, 3.63) is 64.7 Å². The summed E-state index contributed by atoms with van der Waals surface area (Å²) in [5.41, 5.74) is 0.296. The molecule has 0 bridgehead atoms. The molecular weight excluding hydrogens is 523 g/mol. The number of hydrogen-bond acceptors (Lipinski definition) is 6. The third kappa shape index (κ3) is 5.13. The van der Waals surface area contributed by atoms with Gasteiger partial charge in [-0.15, -0.1) is 0 Å². The number of rotatable bonds is 5. The Balaban J connectivity index is 1.27. The van der Waals surface area contributed by atoms with Crippen molar-refractivity contribution in [2.24, 2.45) is 5.92 Å². The van der Waals surface area contributed by atoms with Gasteiger partial charge in [0, 0.05) is 25.0 Å². The minimum absolute atomic E-state index is 0.0408. The average Bonchev–Trinajstić information content (AvgIpc) is 3.34. The SMILES string of the molecule is O=C(N[C@H]1CCS(=O)(=O)C1)C1CCN(c2cccc3c2C(=O)N(Cc2cccc(C(F)(F)F)c2)C3=O)CC1. The molecule has 12 heteroatoms. The summed E-state index contributed by atoms with van der Waals surface area (Å²) in [4.78, 5) is 41.9. The first kappa shape index (κ1) is 26.2. The molecular formula is C26H26F3N3O5S. The molecule has 0 radical (unpaired) electrons. The Hall–Kier alpha value is -3.41. The second-order valence-electron chi connectivity index (χ2n) is 9.96. The maximum Gasteiger partial charge on any atom is 0.416 e. The van der Waals surface area contributed by atoms with Gasteiger partial charge < -0.3 is 10.2 Å². The number of hydrogen-bond donors (Lipinski definition) is 1. The summed E-state index contributed by atoms with van der Waals surface area (Å²) in [6, 6.07) is 9.10. The highest BCUT2D eigenvalue weighted by molar-refractivity contribution is 7.91. The highest BCUT2D eigenvalue weighted by atomic mass is 32.2. The Morgan fingerprint density at radius 3 is 2.37 bits per heavy atom. The number of nitrogens with one attached hydrogen (secondary N) is 1. The fourth-order valence-corrected chi connectivity index (χ4v) is 7.04. The first-order valence-electron chi connectivity index (χ1n) is 12.3. The normalized spacial score (nSPS) is 21.6. The topological polar surface area (TPSA) is 104 Å². The van der Waals surface area contributed by atoms with E-state index in [2.05, 4.69) is 5.32 Å². The molecule has 2 aromatic carbocycles. The lowest BCUT2D eigenvalue weighted by atomic mass is 9.94. The van der Waals surface area contributed by atoms with Crippen molar-refractivity contribution >= 4 is 33.2 Å². The summed E-state index contributed by atoms with van der Waals surface area (Å²) >= 11 is 0. The van der Waals surface area contributed by atoms with Crippen LogP contribution >= 0.6 is 0 Å². The molecule has 0 unspecified atom stereocenters. The van der Waals surface area contributed by atoms with Crippen molar-refractivity contribution in [3.63, 3.8) is 0 Å². The van der Waals surface area contributed by atoms with Crippen LogP contribution in [0, 0.1) is 5.92 Å². The fourth-order valence-electron chi connectivity index (χ4n) is 5.36. The molecule has 202 valence electrons. The molecule has 0 spiro atoms. The monoisotopic (exact) mass is 549 g/mol. The van der Waals surface area contributed by atoms with E-state index in [0.29, 0.717) is 38.0 Å². The number of alkyl halides is 3. The molecule has 5 rings (SSSR count). The second kappa shape index (κ2) is 9.72. The first-order chi connectivity index (χ1) is 17.9. The average molecular weight is 550 g/mol. The number of carbonyl (C=O) groups is 3. The minimum atomic E-state index is -4.54. The molecule has 2 fully saturated rings. The van der Waals surface area contributed by atoms with Crippen LogP contribution < -0.4 is 10.2 Å². The van der Waals surface area contributed by atoms with E-state index in [-0.39, 0.29) is 52.6 Å². The molecule has 2 saturated heterocycles. The van der Waals surface area contributed by atoms with E-state index in [1.54, 1.807) is 12.1 Å². The van der Waals surface area contributed by atoms with Crippen LogP contribution in [0.3, 0.4) is 0 Å². The van der Waals surface area contributed by atoms with E-state index in [1.165, 1.54) is 18.2 Å². The predicted molar refractivity (Wildman–Crippen MR) is 132 cm³/mol. The van der Waals surface area contributed by atoms with Gasteiger partial charge in [-0.25, -0.2) is 8.42 Å². The molecule has 0 aliphatic carbocycles. The Morgan fingerprint density at radius 2 is 1.71 bits per heavy atom. The third-order valence-corrected chi connectivity index (χ3v) is 9.13. The molecule has 8 nitrogen and oxygen atoms in total. The maximum atomic E-state index is 13.3. The summed E-state index contributed by atoms with van der Waals surface area (Å²) in [6.07, 6.45) is -3.14. The van der Waals surface area contributed by atoms with E-state index in [9.17, 15) is 36.0 Å². The molecule has 3 heterocycles. The number of halogens is 3. The minimum Gasteiger partial charge on any atom is -0.371 e. The van der Waals surface area contributed by atoms with Crippen molar-refractivity contribution in [1.82, 2.24) is 10.2 Å². The number of imide groups is 1. The fraction of sp³-hybridized carbons (Fsp3) is 0.423. The van der Waals surface area contributed by atoms with Crippen LogP contribution in [0.4, 0.5) is 18.9 Å². The number of carbonyl (C=O) groups excluding carboxylic acids is 3. The van der Waals surface area contributed by atoms with Crippen LogP contribution in [0.25, 0.3) is 0 Å². The lowest BCUT2D eigenvalue weighted by molar-refractivity contribution is -0.137. The van der Waals surface area contributed by atoms with Gasteiger partial charge in [-0.05, 0) is 49.1 Å². The number of nitrogens with zero attached hydrogens (tertiary/aromatic N) is 2. The van der Waals surface area contributed by atoms with Gasteiger partial charge in [-0.1, -0.05) is 18.2 Å². The lowest BCUT2D eigenvalue weighted by Crippen LogP contribution is -2.44. The molecule has 1 atom stereocenters. The van der Waals surface area contributed by atoms with E-state index < -0.39 is 33.4 Å². The van der Waals surface area contributed by atoms with Gasteiger partial charge in [0.1, 0.15) is 0 Å². The van der Waals surface area contributed by atoms with Gasteiger partial charge in [-0.2, -0.15) is 13.2 Å². The van der Waals surface area contributed by atoms with Gasteiger partial charge in [0.15, 0.2) is 9.84 Å². The number of fused-ring (bicyclic) bond motifs is 1. The smallest absolute Gasteiger partial charge is 0.371 e. The molecule has 2 aromatic rings. The summed E-state index contributed by atoms with van der Waals surface area (Å²) in [6.45, 7) is 0.619. The molecule has 1 N–H and O–H groups in total. The lowest BCUT2D eigenvalue weighted by Gasteiger charge is -2.34. The Morgan fingerprint density at radius 1 is 1.00 bits per heavy atom. The molecule has 3 aliphatic heterocycles. The number of benzene rings is 2. The van der Waals surface area contributed by atoms with Crippen molar-refractivity contribution < 1.29 is 36.0 Å². The van der Waals surface area contributed by atoms with E-state index in [0.717, 1.165) is 17.0 Å². The summed E-state index contributed by atoms with van der Waals surface area (Å²) in [5.74, 6) is -1.57. The van der Waals surface area contributed by atoms with Crippen molar-refractivity contribution in [3.8, 4) is 0 Å². The Kier molecular flexibility index (Phi) is 6.70. The Bertz CT molecular complexity index is 1400. The van der Waals surface area contributed by atoms with Crippen LogP contribution in [-0.2, 0) is 27.4 Å². The number of sulfone groups is 1. The summed E-state index contributed by atoms with van der Waals surface area (Å²) in [5, 5.41) is 2.84. The first-order valence-corrected chi connectivity index (χ1v) is 14.2. The van der Waals surface area contributed by atoms with E-state index in [4.69, 9.17) is 0 Å². The molecule has 0 aromatic heterocycles. The third-order valence-electron chi connectivity index (χ3n) is 7.36. The van der Waals surface area contributed by atoms with Crippen molar-refractivity contribution in [1.29, 1.82) is 0 Å². The molecule has 0 saturated carbocycles. The van der Waals surface area contributed by atoms with Gasteiger partial charge in [-0.3, -0.25) is 19.3 Å². The van der Waals surface area contributed by atoms with Gasteiger partial charge in [0.25, 0.3) is 11.8 Å².